The first-order valence-electron chi connectivity index (χ1n) is 2.87. The zero-order chi connectivity index (χ0) is 6.24. The summed E-state index contributed by atoms with van der Waals surface area (Å²) < 4.78 is 0. The van der Waals surface area contributed by atoms with Gasteiger partial charge in [0.2, 0.25) is 0 Å². The lowest BCUT2D eigenvalue weighted by Gasteiger charge is -1.82. The lowest BCUT2D eigenvalue weighted by molar-refractivity contribution is 1.04. The Morgan fingerprint density at radius 2 is 2.00 bits per heavy atom. The van der Waals surface area contributed by atoms with Crippen molar-refractivity contribution in [3.63, 3.8) is 0 Å². The molecule has 0 fully saturated rings. The van der Waals surface area contributed by atoms with Crippen LogP contribution in [-0.4, -0.2) is 6.54 Å². The Hall–Kier alpha value is -0.560. The van der Waals surface area contributed by atoms with Crippen LogP contribution in [0.1, 0.15) is 12.8 Å². The van der Waals surface area contributed by atoms with Crippen LogP contribution >= 0.6 is 0 Å². The quantitative estimate of drug-likeness (QED) is 0.431. The van der Waals surface area contributed by atoms with E-state index in [0.29, 0.717) is 6.54 Å². The van der Waals surface area contributed by atoms with E-state index in [1.165, 1.54) is 0 Å². The minimum atomic E-state index is 0.650. The molecule has 0 bridgehead atoms. The standard InChI is InChI=1S/C7H13N/c1-2-3-4-5-6-7-8/h2,5-6H,1,3-4,7-8H2. The molecule has 0 atom stereocenters. The molecule has 0 aromatic heterocycles. The predicted molar refractivity (Wildman–Crippen MR) is 37.6 cm³/mol. The summed E-state index contributed by atoms with van der Waals surface area (Å²) in [5, 5.41) is 0. The Morgan fingerprint density at radius 3 is 2.50 bits per heavy atom. The molecule has 0 spiro atoms. The van der Waals surface area contributed by atoms with Gasteiger partial charge in [0.15, 0.2) is 0 Å². The van der Waals surface area contributed by atoms with Crippen molar-refractivity contribution < 1.29 is 0 Å². The fourth-order valence-electron chi connectivity index (χ4n) is 0.428. The summed E-state index contributed by atoms with van der Waals surface area (Å²) in [5.41, 5.74) is 5.20. The maximum atomic E-state index is 5.20. The molecular formula is C7H13N. The molecule has 1 heteroatoms. The fraction of sp³-hybridized carbons (Fsp3) is 0.429. The van der Waals surface area contributed by atoms with Gasteiger partial charge in [-0.1, -0.05) is 18.2 Å². The van der Waals surface area contributed by atoms with Crippen LogP contribution in [0.15, 0.2) is 24.8 Å². The van der Waals surface area contributed by atoms with E-state index in [2.05, 4.69) is 12.7 Å². The molecule has 46 valence electrons. The van der Waals surface area contributed by atoms with E-state index in [1.54, 1.807) is 0 Å². The van der Waals surface area contributed by atoms with E-state index < -0.39 is 0 Å². The van der Waals surface area contributed by atoms with Crippen molar-refractivity contribution >= 4 is 0 Å². The second-order valence-corrected chi connectivity index (χ2v) is 1.57. The zero-order valence-corrected chi connectivity index (χ0v) is 5.14. The summed E-state index contributed by atoms with van der Waals surface area (Å²) in [7, 11) is 0. The lowest BCUT2D eigenvalue weighted by atomic mass is 10.3. The van der Waals surface area contributed by atoms with Gasteiger partial charge in [-0.05, 0) is 12.8 Å². The molecule has 0 saturated heterocycles. The third kappa shape index (κ3) is 5.44. The molecule has 0 aromatic carbocycles. The highest BCUT2D eigenvalue weighted by atomic mass is 14.5. The molecule has 0 unspecified atom stereocenters. The van der Waals surface area contributed by atoms with Crippen LogP contribution in [-0.2, 0) is 0 Å². The van der Waals surface area contributed by atoms with Gasteiger partial charge in [0, 0.05) is 6.54 Å². The maximum absolute atomic E-state index is 5.20. The van der Waals surface area contributed by atoms with Crippen LogP contribution < -0.4 is 5.73 Å². The molecule has 8 heavy (non-hydrogen) atoms. The van der Waals surface area contributed by atoms with Crippen molar-refractivity contribution in [2.24, 2.45) is 5.73 Å². The lowest BCUT2D eigenvalue weighted by Crippen LogP contribution is -1.91. The minimum Gasteiger partial charge on any atom is -0.327 e. The molecule has 2 N–H and O–H groups in total. The Morgan fingerprint density at radius 1 is 1.25 bits per heavy atom. The third-order valence-corrected chi connectivity index (χ3v) is 0.840. The van der Waals surface area contributed by atoms with Crippen LogP contribution in [0.3, 0.4) is 0 Å². The van der Waals surface area contributed by atoms with E-state index in [-0.39, 0.29) is 0 Å². The molecule has 0 aliphatic rings. The largest absolute Gasteiger partial charge is 0.327 e. The summed E-state index contributed by atoms with van der Waals surface area (Å²) in [4.78, 5) is 0. The highest BCUT2D eigenvalue weighted by Gasteiger charge is 1.70. The molecule has 0 radical (unpaired) electrons. The molecule has 0 aliphatic carbocycles. The summed E-state index contributed by atoms with van der Waals surface area (Å²) in [5.74, 6) is 0. The van der Waals surface area contributed by atoms with Crippen LogP contribution in [0, 0.1) is 0 Å². The maximum Gasteiger partial charge on any atom is 0.0106 e. The van der Waals surface area contributed by atoms with Gasteiger partial charge in [-0.25, -0.2) is 0 Å². The van der Waals surface area contributed by atoms with E-state index >= 15 is 0 Å². The van der Waals surface area contributed by atoms with Gasteiger partial charge in [-0.2, -0.15) is 0 Å². The van der Waals surface area contributed by atoms with Gasteiger partial charge < -0.3 is 5.73 Å². The van der Waals surface area contributed by atoms with Crippen molar-refractivity contribution in [1.29, 1.82) is 0 Å². The average molecular weight is 111 g/mol. The summed E-state index contributed by atoms with van der Waals surface area (Å²) in [6, 6.07) is 0. The van der Waals surface area contributed by atoms with E-state index in [9.17, 15) is 0 Å². The molecule has 0 heterocycles. The average Bonchev–Trinajstić information content (AvgIpc) is 1.81. The number of unbranched alkanes of at least 4 members (excludes halogenated alkanes) is 1. The van der Waals surface area contributed by atoms with Gasteiger partial charge in [0.05, 0.1) is 0 Å². The van der Waals surface area contributed by atoms with E-state index in [1.807, 2.05) is 12.2 Å². The van der Waals surface area contributed by atoms with Crippen LogP contribution in [0.25, 0.3) is 0 Å². The highest BCUT2D eigenvalue weighted by Crippen LogP contribution is 1.88. The van der Waals surface area contributed by atoms with Crippen LogP contribution in [0.5, 0.6) is 0 Å². The van der Waals surface area contributed by atoms with Crippen molar-refractivity contribution in [1.82, 2.24) is 0 Å². The van der Waals surface area contributed by atoms with Crippen molar-refractivity contribution in [3.05, 3.63) is 24.8 Å². The van der Waals surface area contributed by atoms with Gasteiger partial charge in [0.25, 0.3) is 0 Å². The number of allylic oxidation sites excluding steroid dienone is 2. The smallest absolute Gasteiger partial charge is 0.0106 e. The molecule has 0 saturated carbocycles. The van der Waals surface area contributed by atoms with Gasteiger partial charge in [-0.3, -0.25) is 0 Å². The zero-order valence-electron chi connectivity index (χ0n) is 5.14. The predicted octanol–water partition coefficient (Wildman–Crippen LogP) is 1.47. The second-order valence-electron chi connectivity index (χ2n) is 1.57. The molecule has 0 aliphatic heterocycles. The third-order valence-electron chi connectivity index (χ3n) is 0.840. The Kier molecular flexibility index (Phi) is 5.99. The number of hydrogen-bond donors (Lipinski definition) is 1. The highest BCUT2D eigenvalue weighted by molar-refractivity contribution is 4.84. The molecule has 0 amide bonds. The van der Waals surface area contributed by atoms with Gasteiger partial charge in [0.1, 0.15) is 0 Å². The van der Waals surface area contributed by atoms with E-state index in [0.717, 1.165) is 12.8 Å². The minimum absolute atomic E-state index is 0.650. The molecule has 0 aromatic rings. The van der Waals surface area contributed by atoms with Gasteiger partial charge >= 0.3 is 0 Å². The fourth-order valence-corrected chi connectivity index (χ4v) is 0.428. The normalized spacial score (nSPS) is 10.1. The second kappa shape index (κ2) is 6.44. The molecule has 0 rings (SSSR count). The SMILES string of the molecule is C=CCCC=CCN. The van der Waals surface area contributed by atoms with E-state index in [4.69, 9.17) is 5.73 Å². The first-order chi connectivity index (χ1) is 3.91. The monoisotopic (exact) mass is 111 g/mol. The van der Waals surface area contributed by atoms with Crippen molar-refractivity contribution in [3.8, 4) is 0 Å². The first-order valence-corrected chi connectivity index (χ1v) is 2.87. The van der Waals surface area contributed by atoms with Crippen LogP contribution in [0.4, 0.5) is 0 Å². The Bertz CT molecular complexity index is 74.5. The van der Waals surface area contributed by atoms with Gasteiger partial charge in [-0.15, -0.1) is 6.58 Å². The van der Waals surface area contributed by atoms with Crippen molar-refractivity contribution in [2.45, 2.75) is 12.8 Å². The first kappa shape index (κ1) is 7.44. The summed E-state index contributed by atoms with van der Waals surface area (Å²) in [6.45, 7) is 4.24. The molecule has 1 nitrogen and oxygen atoms in total. The topological polar surface area (TPSA) is 26.0 Å². The van der Waals surface area contributed by atoms with Crippen LogP contribution in [0.2, 0.25) is 0 Å². The Labute approximate surface area is 50.9 Å². The number of nitrogens with two attached hydrogens (primary N) is 1. The molecular weight excluding hydrogens is 98.1 g/mol. The number of hydrogen-bond acceptors (Lipinski definition) is 1. The summed E-state index contributed by atoms with van der Waals surface area (Å²) in [6.07, 6.45) is 8.06. The Balaban J connectivity index is 2.90. The number of rotatable bonds is 4. The summed E-state index contributed by atoms with van der Waals surface area (Å²) >= 11 is 0. The van der Waals surface area contributed by atoms with Crippen molar-refractivity contribution in [2.75, 3.05) is 6.54 Å².